The van der Waals surface area contributed by atoms with Gasteiger partial charge in [0.15, 0.2) is 0 Å². The number of amides is 1. The number of carbonyl (C=O) groups is 1. The number of fused-ring (bicyclic) bond motifs is 1. The predicted octanol–water partition coefficient (Wildman–Crippen LogP) is 0.969. The van der Waals surface area contributed by atoms with Crippen LogP contribution in [-0.2, 0) is 4.79 Å². The molecule has 0 atom stereocenters. The third-order valence-corrected chi connectivity index (χ3v) is 2.71. The topological polar surface area (TPSA) is 43.1 Å². The lowest BCUT2D eigenvalue weighted by atomic mass is 10.2. The van der Waals surface area contributed by atoms with Gasteiger partial charge in [0.1, 0.15) is 0 Å². The van der Waals surface area contributed by atoms with Crippen LogP contribution in [0.25, 0.3) is 0 Å². The average Bonchev–Trinajstić information content (AvgIpc) is 2.40. The molecule has 2 aliphatic rings. The van der Waals surface area contributed by atoms with Crippen molar-refractivity contribution in [1.82, 2.24) is 0 Å². The lowest BCUT2D eigenvalue weighted by Crippen LogP contribution is -2.11. The number of nitrogens with two attached hydrogens (primary N) is 1. The second-order valence-corrected chi connectivity index (χ2v) is 3.50. The highest BCUT2D eigenvalue weighted by Crippen LogP contribution is 2.37. The van der Waals surface area contributed by atoms with Crippen molar-refractivity contribution in [3.63, 3.8) is 0 Å². The molecule has 2 rings (SSSR count). The fourth-order valence-electron chi connectivity index (χ4n) is 1.15. The van der Waals surface area contributed by atoms with Crippen LogP contribution in [0.1, 0.15) is 0 Å². The van der Waals surface area contributed by atoms with Crippen LogP contribution >= 0.6 is 11.8 Å². The first-order valence-corrected chi connectivity index (χ1v) is 4.32. The van der Waals surface area contributed by atoms with Crippen molar-refractivity contribution < 1.29 is 4.79 Å². The second-order valence-electron chi connectivity index (χ2n) is 2.44. The van der Waals surface area contributed by atoms with Crippen LogP contribution in [0, 0.1) is 0 Å². The minimum Gasteiger partial charge on any atom is -0.366 e. The molecule has 11 heavy (non-hydrogen) atoms. The fraction of sp³-hybridized carbons (Fsp3) is 0.125. The maximum absolute atomic E-state index is 10.7. The fourth-order valence-corrected chi connectivity index (χ4v) is 2.11. The third kappa shape index (κ3) is 1.01. The molecule has 2 N–H and O–H groups in total. The highest BCUT2D eigenvalue weighted by Gasteiger charge is 2.18. The van der Waals surface area contributed by atoms with E-state index in [1.807, 2.05) is 12.2 Å². The van der Waals surface area contributed by atoms with Crippen molar-refractivity contribution in [3.8, 4) is 0 Å². The summed E-state index contributed by atoms with van der Waals surface area (Å²) in [4.78, 5) is 11.9. The van der Waals surface area contributed by atoms with E-state index >= 15 is 0 Å². The summed E-state index contributed by atoms with van der Waals surface area (Å²) in [5.41, 5.74) is 6.89. The summed E-state index contributed by atoms with van der Waals surface area (Å²) in [6.45, 7) is 0. The van der Waals surface area contributed by atoms with Crippen LogP contribution in [0.5, 0.6) is 0 Å². The van der Waals surface area contributed by atoms with E-state index < -0.39 is 0 Å². The van der Waals surface area contributed by atoms with E-state index in [2.05, 4.69) is 6.08 Å². The van der Waals surface area contributed by atoms with Gasteiger partial charge in [-0.2, -0.15) is 0 Å². The largest absolute Gasteiger partial charge is 0.366 e. The van der Waals surface area contributed by atoms with E-state index in [-0.39, 0.29) is 5.91 Å². The normalized spacial score (nSPS) is 20.5. The minimum atomic E-state index is -0.339. The van der Waals surface area contributed by atoms with Gasteiger partial charge in [-0.3, -0.25) is 4.79 Å². The first-order chi connectivity index (χ1) is 5.27. The number of rotatable bonds is 1. The molecule has 0 fully saturated rings. The molecule has 0 unspecified atom stereocenters. The van der Waals surface area contributed by atoms with Gasteiger partial charge < -0.3 is 5.73 Å². The Balaban J connectivity index is 2.38. The molecule has 1 aliphatic heterocycles. The van der Waals surface area contributed by atoms with Gasteiger partial charge in [-0.25, -0.2) is 0 Å². The molecule has 0 radical (unpaired) electrons. The van der Waals surface area contributed by atoms with Crippen molar-refractivity contribution in [1.29, 1.82) is 0 Å². The van der Waals surface area contributed by atoms with E-state index in [0.717, 1.165) is 11.3 Å². The zero-order valence-electron chi connectivity index (χ0n) is 5.83. The number of primary amides is 1. The molecule has 1 aliphatic carbocycles. The summed E-state index contributed by atoms with van der Waals surface area (Å²) in [5.74, 6) is 0.678. The minimum absolute atomic E-state index is 0.339. The van der Waals surface area contributed by atoms with Crippen molar-refractivity contribution in [2.75, 3.05) is 5.75 Å². The first-order valence-electron chi connectivity index (χ1n) is 3.34. The summed E-state index contributed by atoms with van der Waals surface area (Å²) in [7, 11) is 0. The van der Waals surface area contributed by atoms with E-state index in [0.29, 0.717) is 5.57 Å². The lowest BCUT2D eigenvalue weighted by molar-refractivity contribution is -0.114. The molecule has 3 heteroatoms. The summed E-state index contributed by atoms with van der Waals surface area (Å²) < 4.78 is 0. The number of thioether (sulfide) groups is 1. The van der Waals surface area contributed by atoms with Crippen LogP contribution in [0.4, 0.5) is 0 Å². The van der Waals surface area contributed by atoms with Gasteiger partial charge in [-0.05, 0) is 17.7 Å². The van der Waals surface area contributed by atoms with Gasteiger partial charge in [-0.15, -0.1) is 11.8 Å². The molecular formula is C8H7NOS. The Morgan fingerprint density at radius 2 is 2.36 bits per heavy atom. The summed E-state index contributed by atoms with van der Waals surface area (Å²) in [5, 5.41) is 0. The number of allylic oxidation sites excluding steroid dienone is 2. The third-order valence-electron chi connectivity index (χ3n) is 1.71. The van der Waals surface area contributed by atoms with Crippen LogP contribution in [0.15, 0.2) is 34.3 Å². The van der Waals surface area contributed by atoms with Gasteiger partial charge in [0.25, 0.3) is 0 Å². The smallest absolute Gasteiger partial charge is 0.248 e. The number of hydrogen-bond acceptors (Lipinski definition) is 2. The van der Waals surface area contributed by atoms with Gasteiger partial charge in [-0.1, -0.05) is 6.08 Å². The highest BCUT2D eigenvalue weighted by molar-refractivity contribution is 8.03. The van der Waals surface area contributed by atoms with Crippen molar-refractivity contribution in [2.45, 2.75) is 0 Å². The summed E-state index contributed by atoms with van der Waals surface area (Å²) >= 11 is 1.74. The molecule has 56 valence electrons. The zero-order valence-corrected chi connectivity index (χ0v) is 6.65. The molecular weight excluding hydrogens is 158 g/mol. The monoisotopic (exact) mass is 165 g/mol. The van der Waals surface area contributed by atoms with Crippen molar-refractivity contribution >= 4 is 17.7 Å². The Bertz CT molecular complexity index is 309. The summed E-state index contributed by atoms with van der Waals surface area (Å²) in [6, 6.07) is 0. The molecule has 0 aromatic carbocycles. The zero-order chi connectivity index (χ0) is 7.84. The van der Waals surface area contributed by atoms with Crippen molar-refractivity contribution in [3.05, 3.63) is 34.3 Å². The molecule has 1 heterocycles. The Morgan fingerprint density at radius 3 is 3.00 bits per heavy atom. The van der Waals surface area contributed by atoms with Gasteiger partial charge in [0, 0.05) is 16.2 Å². The van der Waals surface area contributed by atoms with Crippen LogP contribution in [0.3, 0.4) is 0 Å². The Labute approximate surface area is 68.8 Å². The summed E-state index contributed by atoms with van der Waals surface area (Å²) in [6.07, 6.45) is 5.80. The SMILES string of the molecule is NC(=O)C1=CC2=CCSC2=C1. The molecule has 2 nitrogen and oxygen atoms in total. The standard InChI is InChI=1S/C8H7NOS/c9-8(10)6-3-5-1-2-11-7(5)4-6/h1,3-4H,2H2,(H2,9,10). The Morgan fingerprint density at radius 1 is 1.55 bits per heavy atom. The Hall–Kier alpha value is -0.960. The molecule has 0 bridgehead atoms. The molecule has 0 saturated carbocycles. The van der Waals surface area contributed by atoms with Crippen LogP contribution < -0.4 is 5.73 Å². The molecule has 0 saturated heterocycles. The van der Waals surface area contributed by atoms with E-state index in [1.165, 1.54) is 4.91 Å². The second kappa shape index (κ2) is 2.27. The van der Waals surface area contributed by atoms with Crippen LogP contribution in [0.2, 0.25) is 0 Å². The quantitative estimate of drug-likeness (QED) is 0.629. The first kappa shape index (κ1) is 6.73. The van der Waals surface area contributed by atoms with Crippen LogP contribution in [-0.4, -0.2) is 11.7 Å². The maximum atomic E-state index is 10.7. The van der Waals surface area contributed by atoms with Gasteiger partial charge >= 0.3 is 0 Å². The lowest BCUT2D eigenvalue weighted by Gasteiger charge is -1.88. The molecule has 0 aromatic heterocycles. The molecule has 0 aromatic rings. The maximum Gasteiger partial charge on any atom is 0.248 e. The van der Waals surface area contributed by atoms with Gasteiger partial charge in [0.05, 0.1) is 0 Å². The molecule has 0 spiro atoms. The predicted molar refractivity (Wildman–Crippen MR) is 45.9 cm³/mol. The molecule has 1 amide bonds. The van der Waals surface area contributed by atoms with E-state index in [1.54, 1.807) is 11.8 Å². The van der Waals surface area contributed by atoms with Crippen molar-refractivity contribution in [2.24, 2.45) is 5.73 Å². The average molecular weight is 165 g/mol. The Kier molecular flexibility index (Phi) is 1.39. The highest BCUT2D eigenvalue weighted by atomic mass is 32.2. The van der Waals surface area contributed by atoms with E-state index in [4.69, 9.17) is 5.73 Å². The number of carbonyl (C=O) groups excluding carboxylic acids is 1. The number of hydrogen-bond donors (Lipinski definition) is 1. The van der Waals surface area contributed by atoms with Gasteiger partial charge in [0.2, 0.25) is 5.91 Å². The van der Waals surface area contributed by atoms with E-state index in [9.17, 15) is 4.79 Å².